The number of anilines is 1. The lowest BCUT2D eigenvalue weighted by Crippen LogP contribution is -2.26. The minimum atomic E-state index is 0.0418. The van der Waals surface area contributed by atoms with E-state index in [0.29, 0.717) is 17.9 Å². The molecule has 5 nitrogen and oxygen atoms in total. The van der Waals surface area contributed by atoms with E-state index in [9.17, 15) is 4.79 Å². The van der Waals surface area contributed by atoms with Gasteiger partial charge in [0.05, 0.1) is 5.69 Å². The first-order valence-corrected chi connectivity index (χ1v) is 11.6. The van der Waals surface area contributed by atoms with Crippen molar-refractivity contribution in [2.24, 2.45) is 0 Å². The molecular weight excluding hydrogens is 404 g/mol. The molecule has 0 saturated carbocycles. The third-order valence-corrected chi connectivity index (χ3v) is 5.99. The summed E-state index contributed by atoms with van der Waals surface area (Å²) in [5, 5.41) is 0.738. The van der Waals surface area contributed by atoms with Crippen molar-refractivity contribution in [2.75, 3.05) is 32.1 Å². The van der Waals surface area contributed by atoms with E-state index in [0.717, 1.165) is 40.8 Å². The van der Waals surface area contributed by atoms with Gasteiger partial charge in [0.1, 0.15) is 5.82 Å². The highest BCUT2D eigenvalue weighted by molar-refractivity contribution is 7.98. The first kappa shape index (κ1) is 22.8. The summed E-state index contributed by atoms with van der Waals surface area (Å²) in [5.74, 6) is 1.67. The molecule has 0 aliphatic heterocycles. The zero-order chi connectivity index (χ0) is 22.2. The first-order valence-electron chi connectivity index (χ1n) is 10.6. The van der Waals surface area contributed by atoms with Crippen molar-refractivity contribution in [1.29, 1.82) is 0 Å². The van der Waals surface area contributed by atoms with Gasteiger partial charge in [-0.1, -0.05) is 61.2 Å². The maximum Gasteiger partial charge on any atom is 0.253 e. The predicted octanol–water partition coefficient (Wildman–Crippen LogP) is 5.37. The molecule has 1 amide bonds. The SMILES string of the molecule is CCCN(C)c1cc(-c2ccccc2)nc(SCc2cccc(C(=O)N(C)CC)c2)n1. The molecule has 0 radical (unpaired) electrons. The van der Waals surface area contributed by atoms with Crippen molar-refractivity contribution < 1.29 is 4.79 Å². The van der Waals surface area contributed by atoms with Gasteiger partial charge in [-0.25, -0.2) is 9.97 Å². The molecular formula is C25H30N4OS. The Hall–Kier alpha value is -2.86. The molecule has 3 aromatic rings. The number of hydrogen-bond acceptors (Lipinski definition) is 5. The lowest BCUT2D eigenvalue weighted by Gasteiger charge is -2.18. The van der Waals surface area contributed by atoms with Gasteiger partial charge in [0, 0.05) is 50.1 Å². The van der Waals surface area contributed by atoms with Crippen LogP contribution < -0.4 is 4.90 Å². The van der Waals surface area contributed by atoms with Gasteiger partial charge in [-0.3, -0.25) is 4.79 Å². The summed E-state index contributed by atoms with van der Waals surface area (Å²) in [6.07, 6.45) is 1.05. The molecule has 31 heavy (non-hydrogen) atoms. The second-order valence-electron chi connectivity index (χ2n) is 7.49. The van der Waals surface area contributed by atoms with Crippen molar-refractivity contribution in [3.8, 4) is 11.3 Å². The van der Waals surface area contributed by atoms with E-state index in [4.69, 9.17) is 9.97 Å². The summed E-state index contributed by atoms with van der Waals surface area (Å²) in [4.78, 5) is 26.0. The van der Waals surface area contributed by atoms with Gasteiger partial charge in [-0.15, -0.1) is 0 Å². The van der Waals surface area contributed by atoms with Crippen LogP contribution in [0.3, 0.4) is 0 Å². The van der Waals surface area contributed by atoms with Crippen LogP contribution >= 0.6 is 11.8 Å². The first-order chi connectivity index (χ1) is 15.0. The van der Waals surface area contributed by atoms with Crippen LogP contribution in [0.15, 0.2) is 65.8 Å². The van der Waals surface area contributed by atoms with Crippen LogP contribution in [0.5, 0.6) is 0 Å². The highest BCUT2D eigenvalue weighted by Crippen LogP contribution is 2.27. The van der Waals surface area contributed by atoms with Crippen LogP contribution in [-0.4, -0.2) is 48.0 Å². The molecule has 0 bridgehead atoms. The maximum atomic E-state index is 12.5. The number of aromatic nitrogens is 2. The molecule has 0 aliphatic carbocycles. The maximum absolute atomic E-state index is 12.5. The Morgan fingerprint density at radius 2 is 1.74 bits per heavy atom. The topological polar surface area (TPSA) is 49.3 Å². The second kappa shape index (κ2) is 11.0. The fraction of sp³-hybridized carbons (Fsp3) is 0.320. The van der Waals surface area contributed by atoms with Crippen molar-refractivity contribution in [1.82, 2.24) is 14.9 Å². The third kappa shape index (κ3) is 6.07. The van der Waals surface area contributed by atoms with E-state index in [1.165, 1.54) is 0 Å². The smallest absolute Gasteiger partial charge is 0.253 e. The highest BCUT2D eigenvalue weighted by Gasteiger charge is 2.13. The zero-order valence-corrected chi connectivity index (χ0v) is 19.5. The Bertz CT molecular complexity index is 1010. The lowest BCUT2D eigenvalue weighted by molar-refractivity contribution is 0.0802. The summed E-state index contributed by atoms with van der Waals surface area (Å²) in [5.41, 5.74) is 3.79. The quantitative estimate of drug-likeness (QED) is 0.334. The summed E-state index contributed by atoms with van der Waals surface area (Å²) >= 11 is 1.59. The fourth-order valence-corrected chi connectivity index (χ4v) is 3.98. The predicted molar refractivity (Wildman–Crippen MR) is 130 cm³/mol. The summed E-state index contributed by atoms with van der Waals surface area (Å²) < 4.78 is 0. The average Bonchev–Trinajstić information content (AvgIpc) is 2.82. The lowest BCUT2D eigenvalue weighted by atomic mass is 10.1. The Morgan fingerprint density at radius 1 is 0.968 bits per heavy atom. The third-order valence-electron chi connectivity index (χ3n) is 5.07. The van der Waals surface area contributed by atoms with E-state index in [1.54, 1.807) is 16.7 Å². The van der Waals surface area contributed by atoms with Crippen LogP contribution in [0.1, 0.15) is 36.2 Å². The van der Waals surface area contributed by atoms with Crippen molar-refractivity contribution in [3.05, 3.63) is 71.8 Å². The average molecular weight is 435 g/mol. The molecule has 3 rings (SSSR count). The minimum Gasteiger partial charge on any atom is -0.360 e. The summed E-state index contributed by atoms with van der Waals surface area (Å²) in [6.45, 7) is 5.76. The number of carbonyl (C=O) groups is 1. The van der Waals surface area contributed by atoms with Crippen LogP contribution in [0, 0.1) is 0 Å². The molecule has 0 fully saturated rings. The molecule has 2 aromatic carbocycles. The second-order valence-corrected chi connectivity index (χ2v) is 8.43. The minimum absolute atomic E-state index is 0.0418. The van der Waals surface area contributed by atoms with Gasteiger partial charge >= 0.3 is 0 Å². The van der Waals surface area contributed by atoms with Gasteiger partial charge in [-0.05, 0) is 31.0 Å². The van der Waals surface area contributed by atoms with Gasteiger partial charge in [-0.2, -0.15) is 0 Å². The monoisotopic (exact) mass is 434 g/mol. The van der Waals surface area contributed by atoms with Crippen LogP contribution in [-0.2, 0) is 5.75 Å². The molecule has 1 heterocycles. The van der Waals surface area contributed by atoms with Gasteiger partial charge in [0.25, 0.3) is 5.91 Å². The number of nitrogens with zero attached hydrogens (tertiary/aromatic N) is 4. The van der Waals surface area contributed by atoms with E-state index in [-0.39, 0.29) is 5.91 Å². The highest BCUT2D eigenvalue weighted by atomic mass is 32.2. The molecule has 0 atom stereocenters. The number of rotatable bonds is 9. The molecule has 162 valence electrons. The number of hydrogen-bond donors (Lipinski definition) is 0. The van der Waals surface area contributed by atoms with Gasteiger partial charge in [0.2, 0.25) is 0 Å². The van der Waals surface area contributed by atoms with Gasteiger partial charge in [0.15, 0.2) is 5.16 Å². The zero-order valence-electron chi connectivity index (χ0n) is 18.7. The number of amides is 1. The molecule has 1 aromatic heterocycles. The van der Waals surface area contributed by atoms with Crippen LogP contribution in [0.2, 0.25) is 0 Å². The van der Waals surface area contributed by atoms with E-state index < -0.39 is 0 Å². The molecule has 0 N–H and O–H groups in total. The number of carbonyl (C=O) groups excluding carboxylic acids is 1. The van der Waals surface area contributed by atoms with E-state index >= 15 is 0 Å². The molecule has 0 aliphatic rings. The molecule has 6 heteroatoms. The normalized spacial score (nSPS) is 10.7. The summed E-state index contributed by atoms with van der Waals surface area (Å²) in [7, 11) is 3.88. The summed E-state index contributed by atoms with van der Waals surface area (Å²) in [6, 6.07) is 20.1. The van der Waals surface area contributed by atoms with E-state index in [2.05, 4.69) is 37.1 Å². The van der Waals surface area contributed by atoms with Crippen LogP contribution in [0.4, 0.5) is 5.82 Å². The van der Waals surface area contributed by atoms with Gasteiger partial charge < -0.3 is 9.80 Å². The van der Waals surface area contributed by atoms with Crippen molar-refractivity contribution in [3.63, 3.8) is 0 Å². The fourth-order valence-electron chi connectivity index (χ4n) is 3.19. The molecule has 0 saturated heterocycles. The Balaban J connectivity index is 1.84. The van der Waals surface area contributed by atoms with Crippen molar-refractivity contribution in [2.45, 2.75) is 31.2 Å². The number of thioether (sulfide) groups is 1. The van der Waals surface area contributed by atoms with E-state index in [1.807, 2.05) is 56.4 Å². The Kier molecular flexibility index (Phi) is 8.06. The Labute approximate surface area is 189 Å². The Morgan fingerprint density at radius 3 is 2.45 bits per heavy atom. The largest absolute Gasteiger partial charge is 0.360 e. The standard InChI is InChI=1S/C25H30N4OS/c1-5-15-29(4)23-17-22(20-12-8-7-9-13-20)26-25(27-23)31-18-19-11-10-14-21(16-19)24(30)28(3)6-2/h7-14,16-17H,5-6,15,18H2,1-4H3. The number of benzene rings is 2. The van der Waals surface area contributed by atoms with Crippen molar-refractivity contribution >= 4 is 23.5 Å². The molecule has 0 unspecified atom stereocenters. The van der Waals surface area contributed by atoms with Crippen LogP contribution in [0.25, 0.3) is 11.3 Å². The molecule has 0 spiro atoms.